The summed E-state index contributed by atoms with van der Waals surface area (Å²) in [5, 5.41) is 11.8. The van der Waals surface area contributed by atoms with Crippen LogP contribution in [-0.2, 0) is 0 Å². The van der Waals surface area contributed by atoms with E-state index in [4.69, 9.17) is 9.47 Å². The standard InChI is InChI=1S/C17H14O3S/c18-17(16-10-11-3-1-2-4-15(11)21-16)12-5-6-13-14(9-12)20-8-7-19-13/h1-6,9-10,17-18H,7-8H2. The first kappa shape index (κ1) is 12.7. The number of thiophene rings is 1. The highest BCUT2D eigenvalue weighted by atomic mass is 32.1. The predicted octanol–water partition coefficient (Wildman–Crippen LogP) is 3.75. The van der Waals surface area contributed by atoms with Gasteiger partial charge in [0.25, 0.3) is 0 Å². The van der Waals surface area contributed by atoms with Gasteiger partial charge in [0.05, 0.1) is 0 Å². The number of aliphatic hydroxyl groups is 1. The molecule has 0 radical (unpaired) electrons. The Labute approximate surface area is 126 Å². The first-order chi connectivity index (χ1) is 10.3. The van der Waals surface area contributed by atoms with Crippen LogP contribution < -0.4 is 9.47 Å². The van der Waals surface area contributed by atoms with Crippen molar-refractivity contribution >= 4 is 21.4 Å². The summed E-state index contributed by atoms with van der Waals surface area (Å²) in [7, 11) is 0. The van der Waals surface area contributed by atoms with Gasteiger partial charge in [0.15, 0.2) is 11.5 Å². The zero-order valence-corrected chi connectivity index (χ0v) is 12.1. The molecule has 2 aromatic carbocycles. The normalized spacial score (nSPS) is 15.1. The molecule has 21 heavy (non-hydrogen) atoms. The summed E-state index contributed by atoms with van der Waals surface area (Å²) in [6.45, 7) is 1.13. The highest BCUT2D eigenvalue weighted by molar-refractivity contribution is 7.19. The zero-order chi connectivity index (χ0) is 14.2. The van der Waals surface area contributed by atoms with Gasteiger partial charge in [-0.1, -0.05) is 24.3 Å². The van der Waals surface area contributed by atoms with Crippen LogP contribution in [0.15, 0.2) is 48.5 Å². The van der Waals surface area contributed by atoms with Crippen molar-refractivity contribution in [2.45, 2.75) is 6.10 Å². The quantitative estimate of drug-likeness (QED) is 0.783. The maximum absolute atomic E-state index is 10.6. The minimum atomic E-state index is -0.641. The van der Waals surface area contributed by atoms with Crippen LogP contribution in [0.5, 0.6) is 11.5 Å². The van der Waals surface area contributed by atoms with Gasteiger partial charge < -0.3 is 14.6 Å². The Morgan fingerprint density at radius 3 is 2.62 bits per heavy atom. The van der Waals surface area contributed by atoms with E-state index in [1.165, 1.54) is 4.70 Å². The van der Waals surface area contributed by atoms with Gasteiger partial charge in [-0.15, -0.1) is 11.3 Å². The zero-order valence-electron chi connectivity index (χ0n) is 11.3. The summed E-state index contributed by atoms with van der Waals surface area (Å²) in [4.78, 5) is 0.938. The summed E-state index contributed by atoms with van der Waals surface area (Å²) < 4.78 is 12.3. The van der Waals surface area contributed by atoms with E-state index in [0.717, 1.165) is 21.6 Å². The molecule has 4 heteroatoms. The fourth-order valence-corrected chi connectivity index (χ4v) is 3.61. The van der Waals surface area contributed by atoms with E-state index in [2.05, 4.69) is 12.1 Å². The molecule has 3 nitrogen and oxygen atoms in total. The Bertz CT molecular complexity index is 761. The first-order valence-corrected chi connectivity index (χ1v) is 7.69. The molecule has 3 aromatic rings. The molecule has 0 fully saturated rings. The van der Waals surface area contributed by atoms with E-state index in [-0.39, 0.29) is 0 Å². The van der Waals surface area contributed by atoms with E-state index < -0.39 is 6.10 Å². The van der Waals surface area contributed by atoms with Gasteiger partial charge in [-0.2, -0.15) is 0 Å². The summed E-state index contributed by atoms with van der Waals surface area (Å²) >= 11 is 1.62. The molecule has 0 aliphatic carbocycles. The molecule has 0 amide bonds. The van der Waals surface area contributed by atoms with Gasteiger partial charge in [0, 0.05) is 9.58 Å². The number of ether oxygens (including phenoxy) is 2. The third-order valence-electron chi connectivity index (χ3n) is 3.60. The fraction of sp³-hybridized carbons (Fsp3) is 0.176. The highest BCUT2D eigenvalue weighted by Gasteiger charge is 2.18. The van der Waals surface area contributed by atoms with Gasteiger partial charge in [-0.3, -0.25) is 0 Å². The Hall–Kier alpha value is -2.04. The molecule has 0 spiro atoms. The topological polar surface area (TPSA) is 38.7 Å². The monoisotopic (exact) mass is 298 g/mol. The van der Waals surface area contributed by atoms with Crippen LogP contribution in [0.2, 0.25) is 0 Å². The summed E-state index contributed by atoms with van der Waals surface area (Å²) in [6, 6.07) is 15.8. The molecule has 2 heterocycles. The van der Waals surface area contributed by atoms with Crippen molar-refractivity contribution in [3.05, 3.63) is 59.0 Å². The fourth-order valence-electron chi connectivity index (χ4n) is 2.53. The number of aliphatic hydroxyl groups excluding tert-OH is 1. The third-order valence-corrected chi connectivity index (χ3v) is 4.76. The van der Waals surface area contributed by atoms with Crippen molar-refractivity contribution in [2.75, 3.05) is 13.2 Å². The van der Waals surface area contributed by atoms with Crippen LogP contribution in [0.25, 0.3) is 10.1 Å². The second-order valence-electron chi connectivity index (χ2n) is 4.99. The van der Waals surface area contributed by atoms with Crippen molar-refractivity contribution in [2.24, 2.45) is 0 Å². The second-order valence-corrected chi connectivity index (χ2v) is 6.11. The number of rotatable bonds is 2. The average Bonchev–Trinajstić information content (AvgIpc) is 2.97. The van der Waals surface area contributed by atoms with Crippen molar-refractivity contribution in [3.63, 3.8) is 0 Å². The molecule has 1 N–H and O–H groups in total. The van der Waals surface area contributed by atoms with Crippen LogP contribution in [0.4, 0.5) is 0 Å². The third kappa shape index (κ3) is 2.26. The molecule has 0 saturated heterocycles. The average molecular weight is 298 g/mol. The predicted molar refractivity (Wildman–Crippen MR) is 83.3 cm³/mol. The second kappa shape index (κ2) is 5.06. The van der Waals surface area contributed by atoms with Gasteiger partial charge >= 0.3 is 0 Å². The van der Waals surface area contributed by atoms with Crippen LogP contribution in [0, 0.1) is 0 Å². The lowest BCUT2D eigenvalue weighted by Crippen LogP contribution is -2.15. The maximum atomic E-state index is 10.6. The lowest BCUT2D eigenvalue weighted by atomic mass is 10.1. The van der Waals surface area contributed by atoms with Crippen LogP contribution in [0.3, 0.4) is 0 Å². The summed E-state index contributed by atoms with van der Waals surface area (Å²) in [6.07, 6.45) is -0.641. The Balaban J connectivity index is 1.71. The van der Waals surface area contributed by atoms with E-state index in [1.54, 1.807) is 11.3 Å². The SMILES string of the molecule is OC(c1ccc2c(c1)OCCO2)c1cc2ccccc2s1. The van der Waals surface area contributed by atoms with Crippen molar-refractivity contribution in [1.29, 1.82) is 0 Å². The Morgan fingerprint density at radius 2 is 1.76 bits per heavy atom. The number of hydrogen-bond donors (Lipinski definition) is 1. The molecule has 1 aliphatic rings. The highest BCUT2D eigenvalue weighted by Crippen LogP contribution is 2.37. The van der Waals surface area contributed by atoms with E-state index >= 15 is 0 Å². The summed E-state index contributed by atoms with van der Waals surface area (Å²) in [5.74, 6) is 1.45. The van der Waals surface area contributed by atoms with Crippen LogP contribution >= 0.6 is 11.3 Å². The Kier molecular flexibility index (Phi) is 3.05. The largest absolute Gasteiger partial charge is 0.486 e. The minimum Gasteiger partial charge on any atom is -0.486 e. The van der Waals surface area contributed by atoms with E-state index in [0.29, 0.717) is 19.0 Å². The number of fused-ring (bicyclic) bond motifs is 2. The number of hydrogen-bond acceptors (Lipinski definition) is 4. The van der Waals surface area contributed by atoms with Crippen molar-refractivity contribution < 1.29 is 14.6 Å². The van der Waals surface area contributed by atoms with Crippen molar-refractivity contribution in [3.8, 4) is 11.5 Å². The summed E-state index contributed by atoms with van der Waals surface area (Å²) in [5.41, 5.74) is 0.825. The molecule has 4 rings (SSSR count). The Morgan fingerprint density at radius 1 is 0.952 bits per heavy atom. The smallest absolute Gasteiger partial charge is 0.161 e. The maximum Gasteiger partial charge on any atom is 0.161 e. The molecule has 0 saturated carbocycles. The molecular weight excluding hydrogens is 284 g/mol. The van der Waals surface area contributed by atoms with Gasteiger partial charge in [-0.25, -0.2) is 0 Å². The molecule has 1 unspecified atom stereocenters. The van der Waals surface area contributed by atoms with Gasteiger partial charge in [0.2, 0.25) is 0 Å². The van der Waals surface area contributed by atoms with E-state index in [9.17, 15) is 5.11 Å². The van der Waals surface area contributed by atoms with E-state index in [1.807, 2.05) is 36.4 Å². The van der Waals surface area contributed by atoms with Crippen LogP contribution in [-0.4, -0.2) is 18.3 Å². The van der Waals surface area contributed by atoms with Crippen LogP contribution in [0.1, 0.15) is 16.5 Å². The van der Waals surface area contributed by atoms with Crippen molar-refractivity contribution in [1.82, 2.24) is 0 Å². The van der Waals surface area contributed by atoms with Gasteiger partial charge in [0.1, 0.15) is 19.3 Å². The molecule has 1 atom stereocenters. The molecule has 1 aliphatic heterocycles. The molecule has 1 aromatic heterocycles. The van der Waals surface area contributed by atoms with Gasteiger partial charge in [-0.05, 0) is 35.2 Å². The molecule has 106 valence electrons. The molecular formula is C17H14O3S. The minimum absolute atomic E-state index is 0.551. The molecule has 0 bridgehead atoms. The lowest BCUT2D eigenvalue weighted by molar-refractivity contribution is 0.170. The lowest BCUT2D eigenvalue weighted by Gasteiger charge is -2.20. The first-order valence-electron chi connectivity index (χ1n) is 6.87. The number of benzene rings is 2.